The lowest BCUT2D eigenvalue weighted by atomic mass is 9.94. The number of Topliss-reactive ketones (excluding diaryl/α,β-unsaturated/α-hetero) is 1. The monoisotopic (exact) mass is 300 g/mol. The van der Waals surface area contributed by atoms with Crippen LogP contribution in [0.1, 0.15) is 31.7 Å². The summed E-state index contributed by atoms with van der Waals surface area (Å²) in [4.78, 5) is 21.9. The largest absolute Gasteiger partial charge is 0.299 e. The fourth-order valence-electron chi connectivity index (χ4n) is 1.81. The first-order valence-electron chi connectivity index (χ1n) is 5.99. The third-order valence-electron chi connectivity index (χ3n) is 3.08. The maximum Gasteiger partial charge on any atom is 0.274 e. The summed E-state index contributed by atoms with van der Waals surface area (Å²) >= 11 is 0. The molecule has 0 spiro atoms. The minimum atomic E-state index is -3.76. The predicted molar refractivity (Wildman–Crippen MR) is 73.1 cm³/mol. The number of nitrogens with zero attached hydrogens (tertiary/aromatic N) is 1. The summed E-state index contributed by atoms with van der Waals surface area (Å²) in [7, 11) is -2.54. The van der Waals surface area contributed by atoms with E-state index in [-0.39, 0.29) is 28.4 Å². The smallest absolute Gasteiger partial charge is 0.274 e. The Morgan fingerprint density at radius 3 is 2.50 bits per heavy atom. The van der Waals surface area contributed by atoms with Crippen LogP contribution in [0.2, 0.25) is 0 Å². The van der Waals surface area contributed by atoms with E-state index in [0.29, 0.717) is 0 Å². The highest BCUT2D eigenvalue weighted by Gasteiger charge is 2.25. The summed E-state index contributed by atoms with van der Waals surface area (Å²) in [5, 5.41) is 11.1. The van der Waals surface area contributed by atoms with Crippen molar-refractivity contribution in [1.82, 2.24) is 4.72 Å². The van der Waals surface area contributed by atoms with E-state index >= 15 is 0 Å². The Morgan fingerprint density at radius 2 is 2.05 bits per heavy atom. The molecule has 8 heteroatoms. The van der Waals surface area contributed by atoms with Gasteiger partial charge in [0.15, 0.2) is 0 Å². The number of hydrogen-bond acceptors (Lipinski definition) is 5. The number of nitro groups is 1. The van der Waals surface area contributed by atoms with Crippen LogP contribution in [-0.2, 0) is 14.8 Å². The van der Waals surface area contributed by atoms with E-state index in [1.54, 1.807) is 13.8 Å². The van der Waals surface area contributed by atoms with Gasteiger partial charge in [0.05, 0.1) is 9.82 Å². The summed E-state index contributed by atoms with van der Waals surface area (Å²) in [6.07, 6.45) is 0.259. The Balaban J connectivity index is 3.43. The number of nitro benzene ring substituents is 1. The molecule has 0 radical (unpaired) electrons. The third kappa shape index (κ3) is 3.20. The fourth-order valence-corrected chi connectivity index (χ4v) is 2.56. The molecule has 0 aliphatic rings. The molecule has 0 aliphatic heterocycles. The molecular weight excluding hydrogens is 284 g/mol. The highest BCUT2D eigenvalue weighted by Crippen LogP contribution is 2.30. The maximum absolute atomic E-state index is 11.7. The number of rotatable bonds is 6. The van der Waals surface area contributed by atoms with Crippen molar-refractivity contribution in [1.29, 1.82) is 0 Å². The van der Waals surface area contributed by atoms with Crippen molar-refractivity contribution < 1.29 is 18.1 Å². The van der Waals surface area contributed by atoms with Crippen molar-refractivity contribution in [2.45, 2.75) is 31.1 Å². The molecule has 0 fully saturated rings. The van der Waals surface area contributed by atoms with Gasteiger partial charge in [-0.25, -0.2) is 13.1 Å². The van der Waals surface area contributed by atoms with Gasteiger partial charge in [-0.1, -0.05) is 19.9 Å². The second-order valence-electron chi connectivity index (χ2n) is 4.23. The normalized spacial score (nSPS) is 12.9. The molecule has 20 heavy (non-hydrogen) atoms. The van der Waals surface area contributed by atoms with Crippen LogP contribution in [0.5, 0.6) is 0 Å². The van der Waals surface area contributed by atoms with E-state index in [4.69, 9.17) is 0 Å². The van der Waals surface area contributed by atoms with Crippen LogP contribution < -0.4 is 4.72 Å². The summed E-state index contributed by atoms with van der Waals surface area (Å²) in [5.74, 6) is -0.788. The SMILES string of the molecule is CCC(=O)C(C)c1ccc(S(=O)(=O)NC)cc1[N+](=O)[O-]. The summed E-state index contributed by atoms with van der Waals surface area (Å²) in [5.41, 5.74) is -0.146. The van der Waals surface area contributed by atoms with Crippen LogP contribution >= 0.6 is 0 Å². The minimum Gasteiger partial charge on any atom is -0.299 e. The van der Waals surface area contributed by atoms with E-state index in [2.05, 4.69) is 4.72 Å². The minimum absolute atomic E-state index is 0.141. The topological polar surface area (TPSA) is 106 Å². The number of hydrogen-bond donors (Lipinski definition) is 1. The van der Waals surface area contributed by atoms with Crippen molar-refractivity contribution in [3.63, 3.8) is 0 Å². The molecular formula is C12H16N2O5S. The van der Waals surface area contributed by atoms with Crippen LogP contribution in [-0.4, -0.2) is 26.2 Å². The predicted octanol–water partition coefficient (Wildman–Crippen LogP) is 1.59. The Bertz CT molecular complexity index is 639. The third-order valence-corrected chi connectivity index (χ3v) is 4.49. The van der Waals surface area contributed by atoms with Gasteiger partial charge in [0.2, 0.25) is 10.0 Å². The van der Waals surface area contributed by atoms with Crippen LogP contribution in [0.4, 0.5) is 5.69 Å². The van der Waals surface area contributed by atoms with Gasteiger partial charge in [-0.2, -0.15) is 0 Å². The zero-order valence-corrected chi connectivity index (χ0v) is 12.2. The van der Waals surface area contributed by atoms with E-state index in [1.165, 1.54) is 19.2 Å². The molecule has 1 N–H and O–H groups in total. The molecule has 0 aromatic heterocycles. The van der Waals surface area contributed by atoms with Crippen LogP contribution in [0.3, 0.4) is 0 Å². The lowest BCUT2D eigenvalue weighted by molar-refractivity contribution is -0.385. The number of carbonyl (C=O) groups excluding carboxylic acids is 1. The number of nitrogens with one attached hydrogen (secondary N) is 1. The zero-order chi connectivity index (χ0) is 15.5. The van der Waals surface area contributed by atoms with Gasteiger partial charge in [0, 0.05) is 24.0 Å². The molecule has 1 unspecified atom stereocenters. The molecule has 0 saturated carbocycles. The van der Waals surface area contributed by atoms with E-state index in [0.717, 1.165) is 6.07 Å². The van der Waals surface area contributed by atoms with Gasteiger partial charge in [-0.3, -0.25) is 14.9 Å². The molecule has 0 aliphatic carbocycles. The van der Waals surface area contributed by atoms with Gasteiger partial charge >= 0.3 is 0 Å². The average Bonchev–Trinajstić information content (AvgIpc) is 2.44. The first kappa shape index (κ1) is 16.3. The Hall–Kier alpha value is -1.80. The molecule has 7 nitrogen and oxygen atoms in total. The van der Waals surface area contributed by atoms with E-state index < -0.39 is 20.9 Å². The van der Waals surface area contributed by atoms with Gasteiger partial charge in [0.1, 0.15) is 5.78 Å². The molecule has 0 saturated heterocycles. The van der Waals surface area contributed by atoms with Crippen molar-refractivity contribution in [2.24, 2.45) is 0 Å². The standard InChI is InChI=1S/C12H16N2O5S/c1-4-12(15)8(2)10-6-5-9(20(18,19)13-3)7-11(10)14(16)17/h5-8,13H,4H2,1-3H3. The number of benzene rings is 1. The molecule has 110 valence electrons. The fraction of sp³-hybridized carbons (Fsp3) is 0.417. The van der Waals surface area contributed by atoms with Gasteiger partial charge in [-0.05, 0) is 13.1 Å². The van der Waals surface area contributed by atoms with Crippen molar-refractivity contribution in [3.8, 4) is 0 Å². The molecule has 1 atom stereocenters. The average molecular weight is 300 g/mol. The zero-order valence-electron chi connectivity index (χ0n) is 11.4. The molecule has 0 bridgehead atoms. The lowest BCUT2D eigenvalue weighted by Gasteiger charge is -2.11. The van der Waals surface area contributed by atoms with Crippen molar-refractivity contribution in [2.75, 3.05) is 7.05 Å². The summed E-state index contributed by atoms with van der Waals surface area (Å²) < 4.78 is 25.4. The highest BCUT2D eigenvalue weighted by molar-refractivity contribution is 7.89. The Labute approximate surface area is 117 Å². The molecule has 1 aromatic carbocycles. The molecule has 1 rings (SSSR count). The van der Waals surface area contributed by atoms with Crippen molar-refractivity contribution >= 4 is 21.5 Å². The van der Waals surface area contributed by atoms with Crippen LogP contribution in [0.25, 0.3) is 0 Å². The number of carbonyl (C=O) groups is 1. The second-order valence-corrected chi connectivity index (χ2v) is 6.11. The summed E-state index contributed by atoms with van der Waals surface area (Å²) in [6, 6.07) is 3.55. The van der Waals surface area contributed by atoms with E-state index in [9.17, 15) is 23.3 Å². The quantitative estimate of drug-likeness (QED) is 0.634. The first-order valence-corrected chi connectivity index (χ1v) is 7.47. The number of ketones is 1. The molecule has 0 heterocycles. The van der Waals surface area contributed by atoms with E-state index in [1.807, 2.05) is 0 Å². The Morgan fingerprint density at radius 1 is 1.45 bits per heavy atom. The molecule has 1 aromatic rings. The van der Waals surface area contributed by atoms with Crippen LogP contribution in [0.15, 0.2) is 23.1 Å². The van der Waals surface area contributed by atoms with Gasteiger partial charge in [0.25, 0.3) is 5.69 Å². The van der Waals surface area contributed by atoms with Crippen molar-refractivity contribution in [3.05, 3.63) is 33.9 Å². The van der Waals surface area contributed by atoms with Crippen LogP contribution in [0, 0.1) is 10.1 Å². The first-order chi connectivity index (χ1) is 9.24. The second kappa shape index (κ2) is 6.10. The summed E-state index contributed by atoms with van der Waals surface area (Å²) in [6.45, 7) is 3.24. The highest BCUT2D eigenvalue weighted by atomic mass is 32.2. The maximum atomic E-state index is 11.7. The molecule has 0 amide bonds. The van der Waals surface area contributed by atoms with Gasteiger partial charge in [-0.15, -0.1) is 0 Å². The lowest BCUT2D eigenvalue weighted by Crippen LogP contribution is -2.19. The number of sulfonamides is 1. The Kier molecular flexibility index (Phi) is 4.96. The van der Waals surface area contributed by atoms with Gasteiger partial charge < -0.3 is 0 Å².